The smallest absolute Gasteiger partial charge is 0.255 e. The number of pyridine rings is 1. The average molecular weight is 403 g/mol. The van der Waals surface area contributed by atoms with E-state index in [1.807, 2.05) is 32.0 Å². The summed E-state index contributed by atoms with van der Waals surface area (Å²) in [6, 6.07) is 14.3. The van der Waals surface area contributed by atoms with E-state index < -0.39 is 0 Å². The number of hydrogen-bond acceptors (Lipinski definition) is 6. The molecule has 2 aromatic carbocycles. The first-order valence-electron chi connectivity index (χ1n) is 9.44. The van der Waals surface area contributed by atoms with Crippen molar-refractivity contribution >= 4 is 22.5 Å². The Hall–Kier alpha value is -3.87. The molecule has 7 nitrogen and oxygen atoms in total. The van der Waals surface area contributed by atoms with Crippen LogP contribution >= 0.6 is 0 Å². The van der Waals surface area contributed by atoms with Gasteiger partial charge in [-0.3, -0.25) is 9.78 Å². The third kappa shape index (κ3) is 3.82. The number of aryl methyl sites for hydroxylation is 2. The molecule has 0 bridgehead atoms. The van der Waals surface area contributed by atoms with Crippen molar-refractivity contribution in [3.8, 4) is 11.5 Å². The summed E-state index contributed by atoms with van der Waals surface area (Å²) in [5.74, 6) is 1.83. The lowest BCUT2D eigenvalue weighted by Crippen LogP contribution is -2.12. The number of aromatic nitrogens is 2. The van der Waals surface area contributed by atoms with Crippen molar-refractivity contribution in [1.82, 2.24) is 10.1 Å². The van der Waals surface area contributed by atoms with Crippen molar-refractivity contribution in [3.05, 3.63) is 77.3 Å². The van der Waals surface area contributed by atoms with Crippen LogP contribution < -0.4 is 14.8 Å². The summed E-state index contributed by atoms with van der Waals surface area (Å²) in [6.45, 7) is 4.09. The van der Waals surface area contributed by atoms with Crippen molar-refractivity contribution in [1.29, 1.82) is 0 Å². The predicted molar refractivity (Wildman–Crippen MR) is 113 cm³/mol. The SMILES string of the molecule is COc1ccc(NC(=O)c2ccc(OCc3c(C)noc3C)cc2)c2cccnc12. The van der Waals surface area contributed by atoms with Gasteiger partial charge in [-0.1, -0.05) is 5.16 Å². The Morgan fingerprint density at radius 1 is 1.10 bits per heavy atom. The van der Waals surface area contributed by atoms with Crippen LogP contribution in [0.1, 0.15) is 27.4 Å². The van der Waals surface area contributed by atoms with Gasteiger partial charge in [0.2, 0.25) is 0 Å². The molecule has 0 saturated heterocycles. The highest BCUT2D eigenvalue weighted by molar-refractivity contribution is 6.09. The summed E-state index contributed by atoms with van der Waals surface area (Å²) < 4.78 is 16.3. The number of ether oxygens (including phenoxy) is 2. The van der Waals surface area contributed by atoms with Crippen LogP contribution in [-0.4, -0.2) is 23.2 Å². The maximum absolute atomic E-state index is 12.7. The monoisotopic (exact) mass is 403 g/mol. The van der Waals surface area contributed by atoms with Crippen molar-refractivity contribution in [2.24, 2.45) is 0 Å². The van der Waals surface area contributed by atoms with Crippen LogP contribution in [0.2, 0.25) is 0 Å². The second-order valence-corrected chi connectivity index (χ2v) is 6.78. The first kappa shape index (κ1) is 19.4. The molecule has 0 fully saturated rings. The van der Waals surface area contributed by atoms with Gasteiger partial charge in [0, 0.05) is 17.1 Å². The zero-order valence-corrected chi connectivity index (χ0v) is 16.9. The molecule has 4 aromatic rings. The molecule has 4 rings (SSSR count). The molecule has 2 heterocycles. The largest absolute Gasteiger partial charge is 0.494 e. The summed E-state index contributed by atoms with van der Waals surface area (Å²) >= 11 is 0. The normalized spacial score (nSPS) is 10.8. The van der Waals surface area contributed by atoms with E-state index in [9.17, 15) is 4.79 Å². The lowest BCUT2D eigenvalue weighted by atomic mass is 10.1. The maximum Gasteiger partial charge on any atom is 0.255 e. The number of fused-ring (bicyclic) bond motifs is 1. The number of anilines is 1. The second kappa shape index (κ2) is 8.24. The number of nitrogens with zero attached hydrogens (tertiary/aromatic N) is 2. The zero-order chi connectivity index (χ0) is 21.1. The Morgan fingerprint density at radius 3 is 2.60 bits per heavy atom. The molecule has 30 heavy (non-hydrogen) atoms. The van der Waals surface area contributed by atoms with E-state index in [0.29, 0.717) is 34.9 Å². The molecule has 0 spiro atoms. The van der Waals surface area contributed by atoms with Crippen LogP contribution in [0, 0.1) is 13.8 Å². The highest BCUT2D eigenvalue weighted by Crippen LogP contribution is 2.30. The summed E-state index contributed by atoms with van der Waals surface area (Å²) in [5, 5.41) is 7.67. The number of methoxy groups -OCH3 is 1. The molecule has 0 unspecified atom stereocenters. The highest BCUT2D eigenvalue weighted by atomic mass is 16.5. The van der Waals surface area contributed by atoms with E-state index in [1.54, 1.807) is 43.6 Å². The minimum atomic E-state index is -0.220. The van der Waals surface area contributed by atoms with E-state index >= 15 is 0 Å². The van der Waals surface area contributed by atoms with Gasteiger partial charge < -0.3 is 19.3 Å². The van der Waals surface area contributed by atoms with Gasteiger partial charge in [0.15, 0.2) is 0 Å². The number of rotatable bonds is 6. The number of benzene rings is 2. The van der Waals surface area contributed by atoms with Gasteiger partial charge in [-0.25, -0.2) is 0 Å². The van der Waals surface area contributed by atoms with Crippen LogP contribution in [0.5, 0.6) is 11.5 Å². The molecule has 0 radical (unpaired) electrons. The van der Waals surface area contributed by atoms with Gasteiger partial charge in [-0.2, -0.15) is 0 Å². The first-order valence-corrected chi connectivity index (χ1v) is 9.44. The second-order valence-electron chi connectivity index (χ2n) is 6.78. The van der Waals surface area contributed by atoms with E-state index in [2.05, 4.69) is 15.5 Å². The summed E-state index contributed by atoms with van der Waals surface area (Å²) in [5.41, 5.74) is 3.62. The fourth-order valence-corrected chi connectivity index (χ4v) is 3.18. The minimum Gasteiger partial charge on any atom is -0.494 e. The van der Waals surface area contributed by atoms with Gasteiger partial charge in [-0.05, 0) is 62.4 Å². The standard InChI is InChI=1S/C23H21N3O4/c1-14-19(15(2)30-26-14)13-29-17-8-6-16(7-9-17)23(27)25-20-10-11-21(28-3)22-18(20)5-4-12-24-22/h4-12H,13H2,1-3H3,(H,25,27). The molecule has 1 N–H and O–H groups in total. The quantitative estimate of drug-likeness (QED) is 0.503. The molecule has 0 aliphatic heterocycles. The van der Waals surface area contributed by atoms with Crippen molar-refractivity contribution in [2.45, 2.75) is 20.5 Å². The van der Waals surface area contributed by atoms with Crippen LogP contribution in [0.4, 0.5) is 5.69 Å². The number of nitrogens with one attached hydrogen (secondary N) is 1. The summed E-state index contributed by atoms with van der Waals surface area (Å²) in [7, 11) is 1.59. The topological polar surface area (TPSA) is 86.5 Å². The number of carbonyl (C=O) groups is 1. The van der Waals surface area contributed by atoms with E-state index in [-0.39, 0.29) is 5.91 Å². The van der Waals surface area contributed by atoms with E-state index in [4.69, 9.17) is 14.0 Å². The Labute approximate surface area is 173 Å². The van der Waals surface area contributed by atoms with Crippen LogP contribution in [-0.2, 0) is 6.61 Å². The van der Waals surface area contributed by atoms with E-state index in [0.717, 1.165) is 22.4 Å². The van der Waals surface area contributed by atoms with Gasteiger partial charge in [-0.15, -0.1) is 0 Å². The summed E-state index contributed by atoms with van der Waals surface area (Å²) in [6.07, 6.45) is 1.69. The Kier molecular flexibility index (Phi) is 5.34. The molecule has 0 saturated carbocycles. The molecular weight excluding hydrogens is 382 g/mol. The third-order valence-electron chi connectivity index (χ3n) is 4.88. The molecule has 152 valence electrons. The fraction of sp³-hybridized carbons (Fsp3) is 0.174. The fourth-order valence-electron chi connectivity index (χ4n) is 3.18. The van der Waals surface area contributed by atoms with Crippen molar-refractivity contribution < 1.29 is 18.8 Å². The molecule has 0 aliphatic carbocycles. The number of amides is 1. The van der Waals surface area contributed by atoms with Crippen LogP contribution in [0.15, 0.2) is 59.3 Å². The molecule has 1 amide bonds. The lowest BCUT2D eigenvalue weighted by Gasteiger charge is -2.11. The van der Waals surface area contributed by atoms with Crippen LogP contribution in [0.25, 0.3) is 10.9 Å². The number of hydrogen-bond donors (Lipinski definition) is 1. The van der Waals surface area contributed by atoms with Gasteiger partial charge in [0.05, 0.1) is 24.1 Å². The van der Waals surface area contributed by atoms with Gasteiger partial charge in [0.1, 0.15) is 29.4 Å². The zero-order valence-electron chi connectivity index (χ0n) is 16.9. The predicted octanol–water partition coefficient (Wildman–Crippen LogP) is 4.68. The highest BCUT2D eigenvalue weighted by Gasteiger charge is 2.13. The first-order chi connectivity index (χ1) is 14.6. The lowest BCUT2D eigenvalue weighted by molar-refractivity contribution is 0.102. The molecule has 7 heteroatoms. The van der Waals surface area contributed by atoms with E-state index in [1.165, 1.54) is 0 Å². The molecule has 0 atom stereocenters. The molecule has 2 aromatic heterocycles. The molecular formula is C23H21N3O4. The van der Waals surface area contributed by atoms with Gasteiger partial charge >= 0.3 is 0 Å². The molecule has 0 aliphatic rings. The Morgan fingerprint density at radius 2 is 1.90 bits per heavy atom. The van der Waals surface area contributed by atoms with Crippen molar-refractivity contribution in [3.63, 3.8) is 0 Å². The Balaban J connectivity index is 1.48. The van der Waals surface area contributed by atoms with Crippen LogP contribution in [0.3, 0.4) is 0 Å². The van der Waals surface area contributed by atoms with Gasteiger partial charge in [0.25, 0.3) is 5.91 Å². The Bertz CT molecular complexity index is 1180. The minimum absolute atomic E-state index is 0.220. The van der Waals surface area contributed by atoms with Crippen molar-refractivity contribution in [2.75, 3.05) is 12.4 Å². The summed E-state index contributed by atoms with van der Waals surface area (Å²) in [4.78, 5) is 17.1. The number of carbonyl (C=O) groups excluding carboxylic acids is 1. The average Bonchev–Trinajstić information content (AvgIpc) is 3.10. The third-order valence-corrected chi connectivity index (χ3v) is 4.88. The maximum atomic E-state index is 12.7.